The molecule has 0 N–H and O–H groups in total. The van der Waals surface area contributed by atoms with E-state index in [1.165, 1.54) is 0 Å². The van der Waals surface area contributed by atoms with E-state index in [2.05, 4.69) is 5.87 Å². The summed E-state index contributed by atoms with van der Waals surface area (Å²) in [6, 6.07) is 0. The van der Waals surface area contributed by atoms with E-state index >= 15 is 0 Å². The molecular formula is C7H9NO2S2. The van der Waals surface area contributed by atoms with Crippen LogP contribution in [-0.2, 0) is 23.2 Å². The van der Waals surface area contributed by atoms with Gasteiger partial charge in [0.1, 0.15) is 10.2 Å². The van der Waals surface area contributed by atoms with Crippen LogP contribution in [-0.4, -0.2) is 32.0 Å². The molecule has 1 amide bonds. The molecule has 66 valence electrons. The van der Waals surface area contributed by atoms with E-state index in [4.69, 9.17) is 0 Å². The first-order valence-electron chi connectivity index (χ1n) is 3.59. The van der Waals surface area contributed by atoms with Crippen molar-refractivity contribution in [3.63, 3.8) is 0 Å². The van der Waals surface area contributed by atoms with E-state index in [1.54, 1.807) is 11.1 Å². The monoisotopic (exact) mass is 203 g/mol. The lowest BCUT2D eigenvalue weighted by Gasteiger charge is -2.43. The number of hydrogen-bond acceptors (Lipinski definition) is 2. The molecule has 1 saturated heterocycles. The summed E-state index contributed by atoms with van der Waals surface area (Å²) in [6.07, 6.45) is 4.17. The molecule has 2 aliphatic heterocycles. The Morgan fingerprint density at radius 1 is 1.75 bits per heavy atom. The smallest absolute Gasteiger partial charge is 0.230 e. The fourth-order valence-corrected chi connectivity index (χ4v) is 4.43. The van der Waals surface area contributed by atoms with Crippen LogP contribution < -0.4 is 0 Å². The standard InChI is InChI=1S/C7H9NO2S2/c1-12(11-10)4-2-3-8-6(9)5-7(8)12/h2-3,7H,1,4-5H2. The second-order valence-electron chi connectivity index (χ2n) is 2.95. The zero-order valence-corrected chi connectivity index (χ0v) is 8.07. The average molecular weight is 203 g/mol. The number of amides is 1. The van der Waals surface area contributed by atoms with E-state index in [1.807, 2.05) is 6.08 Å². The molecular weight excluding hydrogens is 194 g/mol. The van der Waals surface area contributed by atoms with Crippen molar-refractivity contribution >= 4 is 30.2 Å². The Hall–Kier alpha value is -0.550. The molecule has 0 spiro atoms. The lowest BCUT2D eigenvalue weighted by Crippen LogP contribution is -2.55. The van der Waals surface area contributed by atoms with Crippen molar-refractivity contribution in [3.05, 3.63) is 12.3 Å². The molecule has 3 nitrogen and oxygen atoms in total. The van der Waals surface area contributed by atoms with Crippen LogP contribution >= 0.6 is 0 Å². The van der Waals surface area contributed by atoms with Crippen LogP contribution in [0.3, 0.4) is 0 Å². The number of nitrogens with zero attached hydrogens (tertiary/aromatic N) is 1. The van der Waals surface area contributed by atoms with Gasteiger partial charge in [-0.2, -0.15) is 0 Å². The van der Waals surface area contributed by atoms with Crippen LogP contribution in [0, 0.1) is 0 Å². The second kappa shape index (κ2) is 2.47. The summed E-state index contributed by atoms with van der Waals surface area (Å²) >= 11 is 0. The average Bonchev–Trinajstić information content (AvgIpc) is 2.07. The van der Waals surface area contributed by atoms with E-state index < -0.39 is 8.18 Å². The Morgan fingerprint density at radius 2 is 2.50 bits per heavy atom. The third kappa shape index (κ3) is 0.895. The molecule has 0 bridgehead atoms. The third-order valence-corrected chi connectivity index (χ3v) is 6.52. The van der Waals surface area contributed by atoms with Gasteiger partial charge in [-0.25, -0.2) is 4.21 Å². The minimum absolute atomic E-state index is 0.109. The Morgan fingerprint density at radius 3 is 3.08 bits per heavy atom. The molecule has 2 heterocycles. The lowest BCUT2D eigenvalue weighted by molar-refractivity contribution is -0.137. The highest BCUT2D eigenvalue weighted by molar-refractivity contribution is 8.40. The summed E-state index contributed by atoms with van der Waals surface area (Å²) < 4.78 is 10.8. The Labute approximate surface area is 74.3 Å². The predicted molar refractivity (Wildman–Crippen MR) is 51.9 cm³/mol. The SMILES string of the molecule is C=S1(=S=O)CC=CN2C(=O)CC21. The van der Waals surface area contributed by atoms with Gasteiger partial charge < -0.3 is 4.90 Å². The summed E-state index contributed by atoms with van der Waals surface area (Å²) in [6.45, 7) is 0. The van der Waals surface area contributed by atoms with E-state index in [9.17, 15) is 9.00 Å². The molecule has 0 radical (unpaired) electrons. The number of β-lactam (4-membered cyclic amide) rings is 1. The van der Waals surface area contributed by atoms with Crippen molar-refractivity contribution in [1.82, 2.24) is 4.90 Å². The number of rotatable bonds is 0. The first-order valence-corrected chi connectivity index (χ1v) is 6.89. The third-order valence-electron chi connectivity index (χ3n) is 2.22. The highest BCUT2D eigenvalue weighted by Gasteiger charge is 2.40. The number of carbonyl (C=O) groups excluding carboxylic acids is 1. The predicted octanol–water partition coefficient (Wildman–Crippen LogP) is -0.214. The molecule has 0 saturated carbocycles. The van der Waals surface area contributed by atoms with Crippen LogP contribution in [0.25, 0.3) is 0 Å². The van der Waals surface area contributed by atoms with Gasteiger partial charge in [0.05, 0.1) is 11.8 Å². The van der Waals surface area contributed by atoms with Gasteiger partial charge in [-0.15, -0.1) is 0 Å². The van der Waals surface area contributed by atoms with E-state index in [0.29, 0.717) is 16.6 Å². The Bertz CT molecular complexity index is 400. The first kappa shape index (κ1) is 8.07. The van der Waals surface area contributed by atoms with Gasteiger partial charge in [-0.3, -0.25) is 4.79 Å². The van der Waals surface area contributed by atoms with Gasteiger partial charge in [-0.05, 0) is 0 Å². The van der Waals surface area contributed by atoms with Crippen LogP contribution in [0.2, 0.25) is 0 Å². The van der Waals surface area contributed by atoms with Crippen LogP contribution in [0.5, 0.6) is 0 Å². The van der Waals surface area contributed by atoms with Gasteiger partial charge in [0.25, 0.3) is 0 Å². The molecule has 2 atom stereocenters. The molecule has 0 aromatic carbocycles. The van der Waals surface area contributed by atoms with Crippen molar-refractivity contribution in [2.75, 3.05) is 5.75 Å². The maximum atomic E-state index is 11.0. The quantitative estimate of drug-likeness (QED) is 0.403. The second-order valence-corrected chi connectivity index (χ2v) is 8.10. The maximum absolute atomic E-state index is 11.0. The molecule has 2 unspecified atom stereocenters. The van der Waals surface area contributed by atoms with Gasteiger partial charge in [0.15, 0.2) is 0 Å². The summed E-state index contributed by atoms with van der Waals surface area (Å²) in [5.41, 5.74) is 0. The number of hydrogen-bond donors (Lipinski definition) is 0. The normalized spacial score (nSPS) is 38.8. The molecule has 5 heteroatoms. The summed E-state index contributed by atoms with van der Waals surface area (Å²) in [4.78, 5) is 12.7. The summed E-state index contributed by atoms with van der Waals surface area (Å²) in [7, 11) is -0.832. The van der Waals surface area contributed by atoms with Gasteiger partial charge in [0, 0.05) is 12.0 Å². The van der Waals surface area contributed by atoms with Gasteiger partial charge in [0.2, 0.25) is 5.91 Å². The van der Waals surface area contributed by atoms with Crippen molar-refractivity contribution in [2.45, 2.75) is 11.8 Å². The zero-order chi connectivity index (χ0) is 8.77. The highest BCUT2D eigenvalue weighted by Crippen LogP contribution is 2.28. The molecule has 0 aromatic rings. The lowest BCUT2D eigenvalue weighted by atomic mass is 10.2. The molecule has 2 rings (SSSR count). The van der Waals surface area contributed by atoms with Crippen LogP contribution in [0.4, 0.5) is 0 Å². The van der Waals surface area contributed by atoms with Gasteiger partial charge in [-0.1, -0.05) is 20.1 Å². The summed E-state index contributed by atoms with van der Waals surface area (Å²) in [5, 5.41) is 0.109. The largest absolute Gasteiger partial charge is 0.306 e. The number of fused-ring (bicyclic) bond motifs is 1. The number of carbonyl (C=O) groups is 1. The van der Waals surface area contributed by atoms with Crippen LogP contribution in [0.15, 0.2) is 12.3 Å². The molecule has 0 aliphatic carbocycles. The topological polar surface area (TPSA) is 37.4 Å². The van der Waals surface area contributed by atoms with Crippen molar-refractivity contribution < 1.29 is 9.00 Å². The van der Waals surface area contributed by atoms with Crippen molar-refractivity contribution in [3.8, 4) is 0 Å². The summed E-state index contributed by atoms with van der Waals surface area (Å²) in [5.74, 6) is 4.82. The van der Waals surface area contributed by atoms with Crippen molar-refractivity contribution in [2.24, 2.45) is 0 Å². The first-order chi connectivity index (χ1) is 5.67. The van der Waals surface area contributed by atoms with Gasteiger partial charge >= 0.3 is 0 Å². The molecule has 2 aliphatic rings. The maximum Gasteiger partial charge on any atom is 0.230 e. The Kier molecular flexibility index (Phi) is 1.66. The van der Waals surface area contributed by atoms with Crippen LogP contribution in [0.1, 0.15) is 6.42 Å². The minimum Gasteiger partial charge on any atom is -0.306 e. The fraction of sp³-hybridized carbons (Fsp3) is 0.429. The Balaban J connectivity index is 2.49. The zero-order valence-electron chi connectivity index (χ0n) is 6.43. The van der Waals surface area contributed by atoms with E-state index in [0.717, 1.165) is 5.75 Å². The minimum atomic E-state index is -1.42. The highest BCUT2D eigenvalue weighted by atomic mass is 32.9. The van der Waals surface area contributed by atoms with E-state index in [-0.39, 0.29) is 11.3 Å². The van der Waals surface area contributed by atoms with Crippen molar-refractivity contribution in [1.29, 1.82) is 0 Å². The molecule has 0 aromatic heterocycles. The molecule has 1 fully saturated rings. The molecule has 12 heavy (non-hydrogen) atoms. The fourth-order valence-electron chi connectivity index (χ4n) is 1.44.